The van der Waals surface area contributed by atoms with Gasteiger partial charge in [-0.3, -0.25) is 0 Å². The highest BCUT2D eigenvalue weighted by Crippen LogP contribution is 2.24. The molecule has 0 aliphatic carbocycles. The normalized spacial score (nSPS) is 10.9. The summed E-state index contributed by atoms with van der Waals surface area (Å²) >= 11 is 7.53. The maximum absolute atomic E-state index is 12.4. The molecule has 0 aromatic heterocycles. The Kier molecular flexibility index (Phi) is 4.89. The van der Waals surface area contributed by atoms with Gasteiger partial charge in [-0.25, -0.2) is 8.78 Å². The fourth-order valence-corrected chi connectivity index (χ4v) is 1.73. The lowest BCUT2D eigenvalue weighted by Gasteiger charge is -2.06. The van der Waals surface area contributed by atoms with Gasteiger partial charge in [-0.1, -0.05) is 22.0 Å². The maximum Gasteiger partial charge on any atom is 0.263 e. The van der Waals surface area contributed by atoms with Crippen molar-refractivity contribution >= 4 is 28.6 Å². The fraction of sp³-hybridized carbons (Fsp3) is 0.400. The highest BCUT2D eigenvalue weighted by atomic mass is 79.9. The van der Waals surface area contributed by atoms with Crippen molar-refractivity contribution in [2.75, 3.05) is 5.33 Å². The molecule has 0 spiro atoms. The van der Waals surface area contributed by atoms with Gasteiger partial charge in [-0.15, -0.1) is 12.6 Å². The number of thiol groups is 1. The first-order chi connectivity index (χ1) is 6.65. The maximum atomic E-state index is 12.4. The van der Waals surface area contributed by atoms with Crippen LogP contribution in [0.1, 0.15) is 24.0 Å². The van der Waals surface area contributed by atoms with Crippen molar-refractivity contribution in [1.29, 1.82) is 0 Å². The third kappa shape index (κ3) is 3.24. The van der Waals surface area contributed by atoms with Crippen LogP contribution >= 0.6 is 28.6 Å². The van der Waals surface area contributed by atoms with Crippen LogP contribution in [0.3, 0.4) is 0 Å². The van der Waals surface area contributed by atoms with Crippen LogP contribution in [0.2, 0.25) is 0 Å². The van der Waals surface area contributed by atoms with Crippen molar-refractivity contribution in [3.8, 4) is 0 Å². The lowest BCUT2D eigenvalue weighted by Crippen LogP contribution is -1.92. The molecule has 4 heteroatoms. The standard InChI is InChI=1S/C10H11BrF2S/c11-5-1-2-7-6-8(10(12)13)3-4-9(7)14/h3-4,6,10,14H,1-2,5H2. The van der Waals surface area contributed by atoms with Crippen LogP contribution in [-0.4, -0.2) is 5.33 Å². The zero-order valence-electron chi connectivity index (χ0n) is 7.51. The van der Waals surface area contributed by atoms with E-state index in [4.69, 9.17) is 0 Å². The quantitative estimate of drug-likeness (QED) is 0.619. The van der Waals surface area contributed by atoms with E-state index in [1.54, 1.807) is 6.07 Å². The van der Waals surface area contributed by atoms with E-state index in [1.807, 2.05) is 0 Å². The summed E-state index contributed by atoms with van der Waals surface area (Å²) in [7, 11) is 0. The van der Waals surface area contributed by atoms with Crippen molar-refractivity contribution in [2.24, 2.45) is 0 Å². The van der Waals surface area contributed by atoms with Crippen LogP contribution in [0.25, 0.3) is 0 Å². The summed E-state index contributed by atoms with van der Waals surface area (Å²) in [5.41, 5.74) is 0.970. The first kappa shape index (κ1) is 12.0. The van der Waals surface area contributed by atoms with Gasteiger partial charge in [-0.05, 0) is 30.5 Å². The van der Waals surface area contributed by atoms with Gasteiger partial charge in [0.1, 0.15) is 0 Å². The van der Waals surface area contributed by atoms with Crippen LogP contribution in [-0.2, 0) is 6.42 Å². The zero-order chi connectivity index (χ0) is 10.6. The van der Waals surface area contributed by atoms with Gasteiger partial charge in [0.25, 0.3) is 6.43 Å². The largest absolute Gasteiger partial charge is 0.263 e. The second-order valence-corrected chi connectivity index (χ2v) is 4.26. The first-order valence-electron chi connectivity index (χ1n) is 4.31. The van der Waals surface area contributed by atoms with E-state index in [1.165, 1.54) is 12.1 Å². The van der Waals surface area contributed by atoms with Gasteiger partial charge in [0.2, 0.25) is 0 Å². The number of alkyl halides is 3. The molecule has 0 bridgehead atoms. The minimum Gasteiger partial charge on any atom is -0.205 e. The highest BCUT2D eigenvalue weighted by molar-refractivity contribution is 9.09. The summed E-state index contributed by atoms with van der Waals surface area (Å²) in [5, 5.41) is 0.874. The second-order valence-electron chi connectivity index (χ2n) is 2.98. The third-order valence-electron chi connectivity index (χ3n) is 1.94. The average molecular weight is 281 g/mol. The Labute approximate surface area is 96.2 Å². The monoisotopic (exact) mass is 280 g/mol. The molecule has 0 amide bonds. The predicted molar refractivity (Wildman–Crippen MR) is 60.8 cm³/mol. The summed E-state index contributed by atoms with van der Waals surface area (Å²) in [6.07, 6.45) is -0.683. The molecule has 0 saturated carbocycles. The predicted octanol–water partition coefficient (Wildman–Crippen LogP) is 4.24. The van der Waals surface area contributed by atoms with E-state index in [0.717, 1.165) is 28.6 Å². The van der Waals surface area contributed by atoms with Gasteiger partial charge in [0, 0.05) is 15.8 Å². The van der Waals surface area contributed by atoms with Crippen LogP contribution in [0.5, 0.6) is 0 Å². The number of halogens is 3. The summed E-state index contributed by atoms with van der Waals surface area (Å²) < 4.78 is 24.7. The van der Waals surface area contributed by atoms with E-state index in [2.05, 4.69) is 28.6 Å². The molecule has 0 fully saturated rings. The molecule has 78 valence electrons. The minimum absolute atomic E-state index is 0.0763. The van der Waals surface area contributed by atoms with Crippen molar-refractivity contribution in [3.05, 3.63) is 29.3 Å². The molecule has 0 saturated heterocycles. The molecule has 0 radical (unpaired) electrons. The number of aryl methyl sites for hydroxylation is 1. The molecule has 0 aliphatic rings. The molecule has 1 rings (SSSR count). The second kappa shape index (κ2) is 5.71. The topological polar surface area (TPSA) is 0 Å². The fourth-order valence-electron chi connectivity index (χ4n) is 1.20. The third-order valence-corrected chi connectivity index (χ3v) is 2.93. The molecule has 0 heterocycles. The Bertz CT molecular complexity index is 302. The molecular weight excluding hydrogens is 270 g/mol. The van der Waals surface area contributed by atoms with Gasteiger partial charge < -0.3 is 0 Å². The Hall–Kier alpha value is -0.0900. The summed E-state index contributed by atoms with van der Waals surface area (Å²) in [6.45, 7) is 0. The number of hydrogen-bond acceptors (Lipinski definition) is 1. The Balaban J connectivity index is 2.85. The van der Waals surface area contributed by atoms with Gasteiger partial charge in [-0.2, -0.15) is 0 Å². The van der Waals surface area contributed by atoms with E-state index >= 15 is 0 Å². The minimum atomic E-state index is -2.40. The van der Waals surface area contributed by atoms with Gasteiger partial charge >= 0.3 is 0 Å². The Morgan fingerprint density at radius 1 is 1.36 bits per heavy atom. The van der Waals surface area contributed by atoms with Gasteiger partial charge in [0.05, 0.1) is 0 Å². The smallest absolute Gasteiger partial charge is 0.205 e. The average Bonchev–Trinajstić information content (AvgIpc) is 2.16. The lowest BCUT2D eigenvalue weighted by atomic mass is 10.1. The molecule has 0 unspecified atom stereocenters. The molecule has 1 aromatic rings. The molecule has 0 aliphatic heterocycles. The number of benzene rings is 1. The van der Waals surface area contributed by atoms with Crippen molar-refractivity contribution in [2.45, 2.75) is 24.2 Å². The van der Waals surface area contributed by atoms with Gasteiger partial charge in [0.15, 0.2) is 0 Å². The molecule has 0 atom stereocenters. The molecule has 0 nitrogen and oxygen atoms in total. The summed E-state index contributed by atoms with van der Waals surface area (Å²) in [4.78, 5) is 0.787. The van der Waals surface area contributed by atoms with E-state index < -0.39 is 6.43 Å². The summed E-state index contributed by atoms with van der Waals surface area (Å²) in [5.74, 6) is 0. The van der Waals surface area contributed by atoms with Crippen LogP contribution in [0.15, 0.2) is 23.1 Å². The van der Waals surface area contributed by atoms with Crippen molar-refractivity contribution < 1.29 is 8.78 Å². The zero-order valence-corrected chi connectivity index (χ0v) is 9.99. The molecule has 14 heavy (non-hydrogen) atoms. The highest BCUT2D eigenvalue weighted by Gasteiger charge is 2.08. The van der Waals surface area contributed by atoms with Crippen LogP contribution in [0, 0.1) is 0 Å². The van der Waals surface area contributed by atoms with E-state index in [9.17, 15) is 8.78 Å². The van der Waals surface area contributed by atoms with E-state index in [0.29, 0.717) is 0 Å². The molecule has 0 N–H and O–H groups in total. The Morgan fingerprint density at radius 2 is 2.07 bits per heavy atom. The van der Waals surface area contributed by atoms with Crippen molar-refractivity contribution in [3.63, 3.8) is 0 Å². The number of hydrogen-bond donors (Lipinski definition) is 1. The molecular formula is C10H11BrF2S. The first-order valence-corrected chi connectivity index (χ1v) is 5.88. The Morgan fingerprint density at radius 3 is 2.64 bits per heavy atom. The van der Waals surface area contributed by atoms with Crippen LogP contribution in [0.4, 0.5) is 8.78 Å². The van der Waals surface area contributed by atoms with Crippen molar-refractivity contribution in [1.82, 2.24) is 0 Å². The van der Waals surface area contributed by atoms with Crippen LogP contribution < -0.4 is 0 Å². The lowest BCUT2D eigenvalue weighted by molar-refractivity contribution is 0.151. The van der Waals surface area contributed by atoms with E-state index in [-0.39, 0.29) is 5.56 Å². The SMILES string of the molecule is FC(F)c1ccc(S)c(CCCBr)c1. The number of rotatable bonds is 4. The summed E-state index contributed by atoms with van der Waals surface area (Å²) in [6, 6.07) is 4.59. The molecule has 1 aromatic carbocycles.